The van der Waals surface area contributed by atoms with Gasteiger partial charge in [0.2, 0.25) is 18.6 Å². The molecule has 2 amide bonds. The standard InChI is InChI=1S/C27H27N3O8/c1-35-14-12-28(26(31)11-7-20-4-8-22(9-5-20)30(33)34)18-27(32)29(17-23-3-2-13-36-23)16-21-6-10-24-25(15-21)38-19-37-24/h2-11,13,15H,12,14,16-19H2,1H3. The van der Waals surface area contributed by atoms with Gasteiger partial charge in [0.1, 0.15) is 12.3 Å². The molecule has 0 radical (unpaired) electrons. The molecule has 0 saturated carbocycles. The van der Waals surface area contributed by atoms with E-state index in [0.717, 1.165) is 5.56 Å². The van der Waals surface area contributed by atoms with Crippen LogP contribution in [0.1, 0.15) is 16.9 Å². The van der Waals surface area contributed by atoms with Crippen LogP contribution in [-0.4, -0.2) is 60.1 Å². The lowest BCUT2D eigenvalue weighted by Crippen LogP contribution is -2.43. The summed E-state index contributed by atoms with van der Waals surface area (Å²) >= 11 is 0. The number of hydrogen-bond acceptors (Lipinski definition) is 8. The molecule has 0 fully saturated rings. The Balaban J connectivity index is 1.48. The van der Waals surface area contributed by atoms with Crippen LogP contribution in [0.3, 0.4) is 0 Å². The van der Waals surface area contributed by atoms with E-state index < -0.39 is 10.8 Å². The van der Waals surface area contributed by atoms with Crippen molar-refractivity contribution in [1.29, 1.82) is 0 Å². The molecular formula is C27H27N3O8. The quantitative estimate of drug-likeness (QED) is 0.201. The zero-order valence-electron chi connectivity index (χ0n) is 20.8. The Morgan fingerprint density at radius 3 is 2.55 bits per heavy atom. The second-order valence-electron chi connectivity index (χ2n) is 8.45. The molecule has 1 aliphatic heterocycles. The lowest BCUT2D eigenvalue weighted by Gasteiger charge is -2.27. The summed E-state index contributed by atoms with van der Waals surface area (Å²) in [6.45, 7) is 0.886. The van der Waals surface area contributed by atoms with Gasteiger partial charge < -0.3 is 28.4 Å². The molecule has 1 aromatic heterocycles. The van der Waals surface area contributed by atoms with E-state index in [1.165, 1.54) is 36.5 Å². The third kappa shape index (κ3) is 6.98. The normalized spacial score (nSPS) is 12.0. The van der Waals surface area contributed by atoms with E-state index >= 15 is 0 Å². The molecular weight excluding hydrogens is 494 g/mol. The minimum Gasteiger partial charge on any atom is -0.467 e. The van der Waals surface area contributed by atoms with Crippen LogP contribution in [0, 0.1) is 10.1 Å². The Kier molecular flexibility index (Phi) is 8.73. The minimum atomic E-state index is -0.491. The Hall–Kier alpha value is -4.64. The maximum absolute atomic E-state index is 13.5. The molecule has 3 aromatic rings. The number of carbonyl (C=O) groups excluding carboxylic acids is 2. The third-order valence-electron chi connectivity index (χ3n) is 5.82. The summed E-state index contributed by atoms with van der Waals surface area (Å²) in [7, 11) is 1.51. The third-order valence-corrected chi connectivity index (χ3v) is 5.82. The van der Waals surface area contributed by atoms with Gasteiger partial charge in [-0.25, -0.2) is 0 Å². The largest absolute Gasteiger partial charge is 0.467 e. The van der Waals surface area contributed by atoms with Crippen LogP contribution in [0.4, 0.5) is 5.69 Å². The number of non-ortho nitro benzene ring substituents is 1. The van der Waals surface area contributed by atoms with E-state index in [1.807, 2.05) is 12.1 Å². The maximum Gasteiger partial charge on any atom is 0.269 e. The first-order valence-corrected chi connectivity index (χ1v) is 11.8. The van der Waals surface area contributed by atoms with Gasteiger partial charge >= 0.3 is 0 Å². The van der Waals surface area contributed by atoms with Gasteiger partial charge in [-0.15, -0.1) is 0 Å². The fourth-order valence-corrected chi connectivity index (χ4v) is 3.79. The van der Waals surface area contributed by atoms with Gasteiger partial charge in [-0.2, -0.15) is 0 Å². The summed E-state index contributed by atoms with van der Waals surface area (Å²) < 4.78 is 21.4. The molecule has 11 nitrogen and oxygen atoms in total. The highest BCUT2D eigenvalue weighted by molar-refractivity contribution is 5.94. The number of rotatable bonds is 12. The van der Waals surface area contributed by atoms with Gasteiger partial charge in [-0.3, -0.25) is 19.7 Å². The Labute approximate surface area is 218 Å². The molecule has 0 N–H and O–H groups in total. The molecule has 4 rings (SSSR count). The van der Waals surface area contributed by atoms with Gasteiger partial charge in [0.05, 0.1) is 24.3 Å². The summed E-state index contributed by atoms with van der Waals surface area (Å²) in [5, 5.41) is 10.9. The number of carbonyl (C=O) groups is 2. The average molecular weight is 522 g/mol. The van der Waals surface area contributed by atoms with Crippen molar-refractivity contribution >= 4 is 23.6 Å². The minimum absolute atomic E-state index is 0.0418. The van der Waals surface area contributed by atoms with E-state index in [-0.39, 0.29) is 51.2 Å². The number of hydrogen-bond donors (Lipinski definition) is 0. The first kappa shape index (κ1) is 26.4. The van der Waals surface area contributed by atoms with E-state index in [1.54, 1.807) is 41.3 Å². The summed E-state index contributed by atoms with van der Waals surface area (Å²) in [4.78, 5) is 39.8. The van der Waals surface area contributed by atoms with Crippen LogP contribution < -0.4 is 9.47 Å². The van der Waals surface area contributed by atoms with Crippen LogP contribution in [0.2, 0.25) is 0 Å². The molecule has 0 spiro atoms. The predicted molar refractivity (Wildman–Crippen MR) is 136 cm³/mol. The summed E-state index contributed by atoms with van der Waals surface area (Å²) in [5.74, 6) is 1.18. The number of furan rings is 1. The number of ether oxygens (including phenoxy) is 3. The van der Waals surface area contributed by atoms with Crippen LogP contribution in [0.5, 0.6) is 11.5 Å². The van der Waals surface area contributed by atoms with Gasteiger partial charge in [-0.05, 0) is 53.6 Å². The summed E-state index contributed by atoms with van der Waals surface area (Å²) in [6, 6.07) is 14.8. The molecule has 11 heteroatoms. The molecule has 2 aromatic carbocycles. The van der Waals surface area contributed by atoms with Crippen molar-refractivity contribution in [2.75, 3.05) is 33.6 Å². The van der Waals surface area contributed by atoms with Crippen LogP contribution in [0.15, 0.2) is 71.4 Å². The molecule has 0 atom stereocenters. The van der Waals surface area contributed by atoms with Crippen molar-refractivity contribution in [2.45, 2.75) is 13.1 Å². The van der Waals surface area contributed by atoms with Crippen molar-refractivity contribution in [2.24, 2.45) is 0 Å². The highest BCUT2D eigenvalue weighted by Crippen LogP contribution is 2.33. The molecule has 1 aliphatic rings. The van der Waals surface area contributed by atoms with Crippen molar-refractivity contribution in [1.82, 2.24) is 9.80 Å². The SMILES string of the molecule is COCCN(CC(=O)N(Cc1ccc2c(c1)OCO2)Cc1ccco1)C(=O)C=Cc1ccc([N+](=O)[O-])cc1. The van der Waals surface area contributed by atoms with Gasteiger partial charge in [-0.1, -0.05) is 6.07 Å². The molecule has 0 saturated heterocycles. The number of fused-ring (bicyclic) bond motifs is 1. The average Bonchev–Trinajstić information content (AvgIpc) is 3.61. The zero-order chi connectivity index (χ0) is 26.9. The lowest BCUT2D eigenvalue weighted by molar-refractivity contribution is -0.384. The number of nitro benzene ring substituents is 1. The van der Waals surface area contributed by atoms with Crippen LogP contribution >= 0.6 is 0 Å². The summed E-state index contributed by atoms with van der Waals surface area (Å²) in [5.41, 5.74) is 1.41. The van der Waals surface area contributed by atoms with E-state index in [2.05, 4.69) is 0 Å². The Morgan fingerprint density at radius 1 is 1.05 bits per heavy atom. The maximum atomic E-state index is 13.5. The zero-order valence-corrected chi connectivity index (χ0v) is 20.8. The number of nitrogens with zero attached hydrogens (tertiary/aromatic N) is 3. The lowest BCUT2D eigenvalue weighted by atomic mass is 10.1. The fourth-order valence-electron chi connectivity index (χ4n) is 3.79. The Morgan fingerprint density at radius 2 is 1.84 bits per heavy atom. The number of methoxy groups -OCH3 is 1. The van der Waals surface area contributed by atoms with Crippen molar-refractivity contribution in [3.63, 3.8) is 0 Å². The predicted octanol–water partition coefficient (Wildman–Crippen LogP) is 3.63. The molecule has 38 heavy (non-hydrogen) atoms. The number of amides is 2. The van der Waals surface area contributed by atoms with Crippen molar-refractivity contribution in [3.05, 3.63) is 93.9 Å². The molecule has 2 heterocycles. The second-order valence-corrected chi connectivity index (χ2v) is 8.45. The fraction of sp³-hybridized carbons (Fsp3) is 0.259. The first-order chi connectivity index (χ1) is 18.4. The highest BCUT2D eigenvalue weighted by Gasteiger charge is 2.23. The van der Waals surface area contributed by atoms with Gasteiger partial charge in [0.25, 0.3) is 5.69 Å². The van der Waals surface area contributed by atoms with Crippen LogP contribution in [0.25, 0.3) is 6.08 Å². The van der Waals surface area contributed by atoms with Crippen LogP contribution in [-0.2, 0) is 27.4 Å². The van der Waals surface area contributed by atoms with E-state index in [4.69, 9.17) is 18.6 Å². The van der Waals surface area contributed by atoms with E-state index in [0.29, 0.717) is 22.8 Å². The number of benzene rings is 2. The Bertz CT molecular complexity index is 1290. The molecule has 0 aliphatic carbocycles. The van der Waals surface area contributed by atoms with Gasteiger partial charge in [0.15, 0.2) is 11.5 Å². The molecule has 198 valence electrons. The van der Waals surface area contributed by atoms with E-state index in [9.17, 15) is 19.7 Å². The topological polar surface area (TPSA) is 125 Å². The number of nitro groups is 1. The monoisotopic (exact) mass is 521 g/mol. The van der Waals surface area contributed by atoms with Crippen molar-refractivity contribution in [3.8, 4) is 11.5 Å². The first-order valence-electron chi connectivity index (χ1n) is 11.8. The smallest absolute Gasteiger partial charge is 0.269 e. The van der Waals surface area contributed by atoms with Gasteiger partial charge in [0, 0.05) is 38.4 Å². The molecule has 0 unspecified atom stereocenters. The molecule has 0 bridgehead atoms. The highest BCUT2D eigenvalue weighted by atomic mass is 16.7. The summed E-state index contributed by atoms with van der Waals surface area (Å²) in [6.07, 6.45) is 4.42. The van der Waals surface area contributed by atoms with Crippen molar-refractivity contribution < 1.29 is 33.1 Å². The second kappa shape index (κ2) is 12.5.